The van der Waals surface area contributed by atoms with E-state index < -0.39 is 0 Å². The fourth-order valence-electron chi connectivity index (χ4n) is 3.04. The maximum atomic E-state index is 12.6. The number of amides is 1. The largest absolute Gasteiger partial charge is 0.339 e. The third-order valence-corrected chi connectivity index (χ3v) is 4.60. The number of carbonyl (C=O) groups is 1. The molecule has 1 amide bonds. The number of rotatable bonds is 5. The van der Waals surface area contributed by atoms with Crippen molar-refractivity contribution in [1.82, 2.24) is 29.4 Å². The van der Waals surface area contributed by atoms with Crippen LogP contribution < -0.4 is 0 Å². The molecule has 1 fully saturated rings. The molecule has 0 aliphatic carbocycles. The Morgan fingerprint density at radius 2 is 2.09 bits per heavy atom. The van der Waals surface area contributed by atoms with Gasteiger partial charge < -0.3 is 9.80 Å². The number of fused-ring (bicyclic) bond motifs is 1. The number of likely N-dealkylation sites (tertiary alicyclic amines) is 1. The van der Waals surface area contributed by atoms with Crippen molar-refractivity contribution in [2.24, 2.45) is 0 Å². The molecule has 0 spiro atoms. The predicted octanol–water partition coefficient (Wildman–Crippen LogP) is 1.38. The fraction of sp³-hybridized carbons (Fsp3) is 0.625. The van der Waals surface area contributed by atoms with Gasteiger partial charge in [-0.1, -0.05) is 0 Å². The van der Waals surface area contributed by atoms with Gasteiger partial charge in [0.25, 0.3) is 11.7 Å². The van der Waals surface area contributed by atoms with Crippen molar-refractivity contribution >= 4 is 11.7 Å². The monoisotopic (exact) mass is 316 g/mol. The summed E-state index contributed by atoms with van der Waals surface area (Å²) in [6.07, 6.45) is 5.34. The van der Waals surface area contributed by atoms with E-state index in [0.717, 1.165) is 12.1 Å². The van der Waals surface area contributed by atoms with E-state index >= 15 is 0 Å². The summed E-state index contributed by atoms with van der Waals surface area (Å²) in [5, 5.41) is 8.00. The number of hydrogen-bond acceptors (Lipinski definition) is 5. The van der Waals surface area contributed by atoms with Gasteiger partial charge in [-0.3, -0.25) is 9.20 Å². The molecule has 0 aromatic carbocycles. The van der Waals surface area contributed by atoms with Gasteiger partial charge in [0.1, 0.15) is 0 Å². The minimum atomic E-state index is -0.114. The molecule has 1 aliphatic heterocycles. The SMILES string of the molecule is Cc1ccn2c(C(=O)N(C)CCC(C)N3CCCC3)nnc2n1. The molecule has 0 N–H and O–H groups in total. The van der Waals surface area contributed by atoms with Crippen LogP contribution in [-0.4, -0.2) is 68.0 Å². The molecule has 2 aromatic rings. The lowest BCUT2D eigenvalue weighted by atomic mass is 10.2. The summed E-state index contributed by atoms with van der Waals surface area (Å²) in [5.74, 6) is 0.674. The molecule has 3 rings (SSSR count). The minimum absolute atomic E-state index is 0.114. The summed E-state index contributed by atoms with van der Waals surface area (Å²) in [4.78, 5) is 21.1. The summed E-state index contributed by atoms with van der Waals surface area (Å²) >= 11 is 0. The summed E-state index contributed by atoms with van der Waals surface area (Å²) in [7, 11) is 1.82. The molecule has 7 nitrogen and oxygen atoms in total. The zero-order chi connectivity index (χ0) is 16.4. The first-order chi connectivity index (χ1) is 11.1. The Morgan fingerprint density at radius 1 is 1.35 bits per heavy atom. The zero-order valence-corrected chi connectivity index (χ0v) is 14.1. The van der Waals surface area contributed by atoms with Crippen LogP contribution in [0.5, 0.6) is 0 Å². The highest BCUT2D eigenvalue weighted by Gasteiger charge is 2.22. The molecule has 3 heterocycles. The molecule has 1 unspecified atom stereocenters. The summed E-state index contributed by atoms with van der Waals surface area (Å²) < 4.78 is 1.65. The van der Waals surface area contributed by atoms with E-state index in [9.17, 15) is 4.79 Å². The topological polar surface area (TPSA) is 66.6 Å². The van der Waals surface area contributed by atoms with Gasteiger partial charge in [0.15, 0.2) is 0 Å². The van der Waals surface area contributed by atoms with Crippen molar-refractivity contribution in [3.8, 4) is 0 Å². The van der Waals surface area contributed by atoms with Crippen LogP contribution in [0, 0.1) is 6.92 Å². The lowest BCUT2D eigenvalue weighted by Gasteiger charge is -2.26. The van der Waals surface area contributed by atoms with Gasteiger partial charge in [0.2, 0.25) is 5.82 Å². The molecule has 1 aliphatic rings. The van der Waals surface area contributed by atoms with Crippen molar-refractivity contribution in [2.45, 2.75) is 39.2 Å². The average Bonchev–Trinajstić information content (AvgIpc) is 3.20. The first kappa shape index (κ1) is 15.9. The van der Waals surface area contributed by atoms with Crippen molar-refractivity contribution in [2.75, 3.05) is 26.7 Å². The Morgan fingerprint density at radius 3 is 2.83 bits per heavy atom. The maximum Gasteiger partial charge on any atom is 0.291 e. The Kier molecular flexibility index (Phi) is 4.56. The molecule has 2 aromatic heterocycles. The van der Waals surface area contributed by atoms with Gasteiger partial charge in [0.05, 0.1) is 0 Å². The number of carbonyl (C=O) groups excluding carboxylic acids is 1. The van der Waals surface area contributed by atoms with E-state index in [1.165, 1.54) is 25.9 Å². The molecule has 23 heavy (non-hydrogen) atoms. The Bertz CT molecular complexity index is 691. The average molecular weight is 316 g/mol. The number of nitrogens with zero attached hydrogens (tertiary/aromatic N) is 6. The van der Waals surface area contributed by atoms with Crippen LogP contribution in [-0.2, 0) is 0 Å². The highest BCUT2D eigenvalue weighted by molar-refractivity contribution is 5.91. The van der Waals surface area contributed by atoms with Gasteiger partial charge in [-0.25, -0.2) is 4.98 Å². The lowest BCUT2D eigenvalue weighted by Crippen LogP contribution is -2.36. The lowest BCUT2D eigenvalue weighted by molar-refractivity contribution is 0.0768. The van der Waals surface area contributed by atoms with Crippen molar-refractivity contribution in [3.63, 3.8) is 0 Å². The van der Waals surface area contributed by atoms with Gasteiger partial charge in [0, 0.05) is 31.5 Å². The summed E-state index contributed by atoms with van der Waals surface area (Å²) in [6, 6.07) is 2.36. The molecular weight excluding hydrogens is 292 g/mol. The van der Waals surface area contributed by atoms with Crippen molar-refractivity contribution in [3.05, 3.63) is 23.8 Å². The van der Waals surface area contributed by atoms with Gasteiger partial charge in [-0.2, -0.15) is 0 Å². The molecule has 1 atom stereocenters. The van der Waals surface area contributed by atoms with Crippen molar-refractivity contribution < 1.29 is 4.79 Å². The van der Waals surface area contributed by atoms with E-state index in [4.69, 9.17) is 0 Å². The fourth-order valence-corrected chi connectivity index (χ4v) is 3.04. The molecule has 0 radical (unpaired) electrons. The minimum Gasteiger partial charge on any atom is -0.339 e. The highest BCUT2D eigenvalue weighted by atomic mass is 16.2. The molecular formula is C16H24N6O. The van der Waals surface area contributed by atoms with E-state index in [2.05, 4.69) is 27.0 Å². The number of aryl methyl sites for hydroxylation is 1. The first-order valence-electron chi connectivity index (χ1n) is 8.24. The van der Waals surface area contributed by atoms with E-state index in [0.29, 0.717) is 24.2 Å². The van der Waals surface area contributed by atoms with Crippen molar-refractivity contribution in [1.29, 1.82) is 0 Å². The van der Waals surface area contributed by atoms with Crippen LogP contribution >= 0.6 is 0 Å². The second-order valence-electron chi connectivity index (χ2n) is 6.37. The van der Waals surface area contributed by atoms with E-state index in [1.54, 1.807) is 15.5 Å². The first-order valence-corrected chi connectivity index (χ1v) is 8.24. The maximum absolute atomic E-state index is 12.6. The van der Waals surface area contributed by atoms with Gasteiger partial charge in [-0.05, 0) is 52.3 Å². The van der Waals surface area contributed by atoms with Gasteiger partial charge >= 0.3 is 0 Å². The van der Waals surface area contributed by atoms with Crippen LogP contribution in [0.3, 0.4) is 0 Å². The standard InChI is InChI=1S/C16H24N6O/c1-12-6-11-22-14(18-19-16(22)17-12)15(23)20(3)10-7-13(2)21-8-4-5-9-21/h6,11,13H,4-5,7-10H2,1-3H3. The molecule has 0 bridgehead atoms. The molecule has 7 heteroatoms. The third-order valence-electron chi connectivity index (χ3n) is 4.60. The Balaban J connectivity index is 1.64. The molecule has 124 valence electrons. The van der Waals surface area contributed by atoms with E-state index in [1.807, 2.05) is 20.0 Å². The summed E-state index contributed by atoms with van der Waals surface area (Å²) in [6.45, 7) is 7.20. The van der Waals surface area contributed by atoms with Crippen LogP contribution in [0.1, 0.15) is 42.5 Å². The third kappa shape index (κ3) is 3.34. The smallest absolute Gasteiger partial charge is 0.291 e. The zero-order valence-electron chi connectivity index (χ0n) is 14.1. The molecule has 0 saturated carbocycles. The van der Waals surface area contributed by atoms with Crippen LogP contribution in [0.2, 0.25) is 0 Å². The van der Waals surface area contributed by atoms with Crippen LogP contribution in [0.25, 0.3) is 5.78 Å². The number of aromatic nitrogens is 4. The second-order valence-corrected chi connectivity index (χ2v) is 6.37. The summed E-state index contributed by atoms with van der Waals surface area (Å²) in [5.41, 5.74) is 0.858. The quantitative estimate of drug-likeness (QED) is 0.834. The van der Waals surface area contributed by atoms with E-state index in [-0.39, 0.29) is 5.91 Å². The normalized spacial score (nSPS) is 16.8. The predicted molar refractivity (Wildman–Crippen MR) is 87.4 cm³/mol. The van der Waals surface area contributed by atoms with Crippen LogP contribution in [0.4, 0.5) is 0 Å². The Labute approximate surface area is 136 Å². The van der Waals surface area contributed by atoms with Crippen LogP contribution in [0.15, 0.2) is 12.3 Å². The number of hydrogen-bond donors (Lipinski definition) is 0. The molecule has 1 saturated heterocycles. The second kappa shape index (κ2) is 6.62. The highest BCUT2D eigenvalue weighted by Crippen LogP contribution is 2.14. The Hall–Kier alpha value is -2.02. The van der Waals surface area contributed by atoms with Gasteiger partial charge in [-0.15, -0.1) is 10.2 Å².